The Morgan fingerprint density at radius 1 is 1.30 bits per heavy atom. The van der Waals surface area contributed by atoms with E-state index in [2.05, 4.69) is 0 Å². The summed E-state index contributed by atoms with van der Waals surface area (Å²) in [6.45, 7) is 4.04. The lowest BCUT2D eigenvalue weighted by Crippen LogP contribution is -2.35. The molecular weight excluding hydrogens is 319 g/mol. The number of hydrogen-bond acceptors (Lipinski definition) is 3. The molecule has 0 aliphatic heterocycles. The number of halogens is 2. The Bertz CT molecular complexity index is 576. The zero-order valence-electron chi connectivity index (χ0n) is 11.9. The molecule has 0 aromatic heterocycles. The van der Waals surface area contributed by atoms with Crippen LogP contribution in [0, 0.1) is 0 Å². The van der Waals surface area contributed by atoms with Gasteiger partial charge in [-0.2, -0.15) is 4.31 Å². The van der Waals surface area contributed by atoms with Gasteiger partial charge in [-0.1, -0.05) is 36.5 Å². The van der Waals surface area contributed by atoms with Crippen molar-refractivity contribution >= 4 is 33.2 Å². The summed E-state index contributed by atoms with van der Waals surface area (Å²) in [7, 11) is -2.09. The number of nitrogens with zero attached hydrogens (tertiary/aromatic N) is 1. The van der Waals surface area contributed by atoms with Crippen molar-refractivity contribution in [2.45, 2.75) is 44.2 Å². The van der Waals surface area contributed by atoms with Crippen LogP contribution in [0.4, 0.5) is 0 Å². The van der Waals surface area contributed by atoms with Crippen LogP contribution in [0.2, 0.25) is 10.0 Å². The molecule has 4 nitrogen and oxygen atoms in total. The average Bonchev–Trinajstić information content (AvgIpc) is 2.37. The minimum atomic E-state index is -3.65. The Morgan fingerprint density at radius 2 is 1.90 bits per heavy atom. The van der Waals surface area contributed by atoms with E-state index in [4.69, 9.17) is 28.9 Å². The van der Waals surface area contributed by atoms with E-state index < -0.39 is 10.0 Å². The van der Waals surface area contributed by atoms with Gasteiger partial charge in [0.05, 0.1) is 5.02 Å². The van der Waals surface area contributed by atoms with Crippen LogP contribution in [0.15, 0.2) is 17.0 Å². The van der Waals surface area contributed by atoms with Gasteiger partial charge in [0, 0.05) is 24.7 Å². The van der Waals surface area contributed by atoms with Crippen molar-refractivity contribution in [3.05, 3.63) is 27.7 Å². The Balaban J connectivity index is 3.28. The van der Waals surface area contributed by atoms with Crippen LogP contribution in [0.1, 0.15) is 32.3 Å². The lowest BCUT2D eigenvalue weighted by Gasteiger charge is -2.24. The van der Waals surface area contributed by atoms with Crippen molar-refractivity contribution < 1.29 is 8.42 Å². The number of hydrogen-bond donors (Lipinski definition) is 1. The molecule has 0 radical (unpaired) electrons. The fourth-order valence-electron chi connectivity index (χ4n) is 1.92. The normalized spacial score (nSPS) is 13.8. The van der Waals surface area contributed by atoms with Crippen molar-refractivity contribution in [1.29, 1.82) is 0 Å². The Hall–Kier alpha value is -0.330. The third kappa shape index (κ3) is 3.65. The highest BCUT2D eigenvalue weighted by atomic mass is 35.5. The van der Waals surface area contributed by atoms with Crippen LogP contribution in [-0.2, 0) is 16.6 Å². The third-order valence-electron chi connectivity index (χ3n) is 3.31. The summed E-state index contributed by atoms with van der Waals surface area (Å²) < 4.78 is 26.6. The average molecular weight is 339 g/mol. The number of nitrogens with two attached hydrogens (primary N) is 1. The van der Waals surface area contributed by atoms with Crippen LogP contribution in [0.3, 0.4) is 0 Å². The molecule has 1 rings (SSSR count). The topological polar surface area (TPSA) is 63.4 Å². The number of sulfonamides is 1. The Kier molecular flexibility index (Phi) is 6.28. The first kappa shape index (κ1) is 17.7. The monoisotopic (exact) mass is 338 g/mol. The highest BCUT2D eigenvalue weighted by molar-refractivity contribution is 7.89. The second-order valence-electron chi connectivity index (χ2n) is 4.74. The molecule has 0 saturated carbocycles. The van der Waals surface area contributed by atoms with Crippen molar-refractivity contribution in [3.8, 4) is 0 Å². The van der Waals surface area contributed by atoms with Gasteiger partial charge in [-0.15, -0.1) is 0 Å². The minimum Gasteiger partial charge on any atom is -0.326 e. The summed E-state index contributed by atoms with van der Waals surface area (Å²) in [5.74, 6) is 0. The van der Waals surface area contributed by atoms with E-state index in [0.717, 1.165) is 12.8 Å². The molecule has 1 aromatic rings. The van der Waals surface area contributed by atoms with Crippen molar-refractivity contribution in [2.75, 3.05) is 7.05 Å². The van der Waals surface area contributed by atoms with E-state index in [9.17, 15) is 8.42 Å². The first-order chi connectivity index (χ1) is 9.25. The van der Waals surface area contributed by atoms with Gasteiger partial charge in [0.25, 0.3) is 0 Å². The second kappa shape index (κ2) is 7.09. The predicted molar refractivity (Wildman–Crippen MR) is 83.7 cm³/mol. The highest BCUT2D eigenvalue weighted by Gasteiger charge is 2.27. The Labute approximate surface area is 130 Å². The highest BCUT2D eigenvalue weighted by Crippen LogP contribution is 2.31. The molecule has 20 heavy (non-hydrogen) atoms. The molecule has 7 heteroatoms. The summed E-state index contributed by atoms with van der Waals surface area (Å²) in [6.07, 6.45) is 1.69. The molecule has 1 unspecified atom stereocenters. The van der Waals surface area contributed by atoms with Crippen molar-refractivity contribution in [3.63, 3.8) is 0 Å². The van der Waals surface area contributed by atoms with E-state index in [1.54, 1.807) is 7.05 Å². The maximum absolute atomic E-state index is 12.6. The fraction of sp³-hybridized carbons (Fsp3) is 0.538. The first-order valence-corrected chi connectivity index (χ1v) is 8.61. The molecule has 0 aliphatic carbocycles. The molecule has 0 bridgehead atoms. The summed E-state index contributed by atoms with van der Waals surface area (Å²) >= 11 is 12.0. The first-order valence-electron chi connectivity index (χ1n) is 6.41. The SMILES string of the molecule is CCCC(C)N(C)S(=O)(=O)c1cc(CN)c(Cl)cc1Cl. The quantitative estimate of drug-likeness (QED) is 0.865. The largest absolute Gasteiger partial charge is 0.326 e. The molecule has 0 heterocycles. The molecular formula is C13H20Cl2N2O2S. The number of benzene rings is 1. The molecule has 0 aliphatic rings. The summed E-state index contributed by atoms with van der Waals surface area (Å²) in [5, 5.41) is 0.489. The summed E-state index contributed by atoms with van der Waals surface area (Å²) in [4.78, 5) is 0.0504. The molecule has 114 valence electrons. The summed E-state index contributed by atoms with van der Waals surface area (Å²) in [6, 6.07) is 2.78. The van der Waals surface area contributed by atoms with Crippen molar-refractivity contribution in [1.82, 2.24) is 4.31 Å². The smallest absolute Gasteiger partial charge is 0.244 e. The maximum atomic E-state index is 12.6. The van der Waals surface area contributed by atoms with Crippen molar-refractivity contribution in [2.24, 2.45) is 5.73 Å². The van der Waals surface area contributed by atoms with E-state index >= 15 is 0 Å². The van der Waals surface area contributed by atoms with Gasteiger partial charge in [-0.05, 0) is 31.0 Å². The zero-order chi connectivity index (χ0) is 15.5. The zero-order valence-corrected chi connectivity index (χ0v) is 14.2. The standard InChI is InChI=1S/C13H20Cl2N2O2S/c1-4-5-9(2)17(3)20(18,19)13-6-10(8-16)11(14)7-12(13)15/h6-7,9H,4-5,8,16H2,1-3H3. The lowest BCUT2D eigenvalue weighted by molar-refractivity contribution is 0.369. The van der Waals surface area contributed by atoms with Gasteiger partial charge >= 0.3 is 0 Å². The molecule has 0 fully saturated rings. The van der Waals surface area contributed by atoms with Crippen LogP contribution < -0.4 is 5.73 Å². The Morgan fingerprint density at radius 3 is 2.40 bits per heavy atom. The second-order valence-corrected chi connectivity index (χ2v) is 7.52. The van der Waals surface area contributed by atoms with E-state index in [1.807, 2.05) is 13.8 Å². The van der Waals surface area contributed by atoms with Crippen LogP contribution >= 0.6 is 23.2 Å². The maximum Gasteiger partial charge on any atom is 0.244 e. The van der Waals surface area contributed by atoms with Crippen LogP contribution in [-0.4, -0.2) is 25.8 Å². The molecule has 1 aromatic carbocycles. The predicted octanol–water partition coefficient (Wildman–Crippen LogP) is 3.26. The van der Waals surface area contributed by atoms with E-state index in [-0.39, 0.29) is 22.5 Å². The lowest BCUT2D eigenvalue weighted by atomic mass is 10.2. The molecule has 0 amide bonds. The summed E-state index contributed by atoms with van der Waals surface area (Å²) in [5.41, 5.74) is 6.12. The third-order valence-corrected chi connectivity index (χ3v) is 6.09. The van der Waals surface area contributed by atoms with Crippen LogP contribution in [0.25, 0.3) is 0 Å². The van der Waals surface area contributed by atoms with Gasteiger partial charge < -0.3 is 5.73 Å². The van der Waals surface area contributed by atoms with Gasteiger partial charge in [0.2, 0.25) is 10.0 Å². The molecule has 2 N–H and O–H groups in total. The number of rotatable bonds is 6. The molecule has 0 spiro atoms. The fourth-order valence-corrected chi connectivity index (χ4v) is 4.16. The van der Waals surface area contributed by atoms with Crippen LogP contribution in [0.5, 0.6) is 0 Å². The van der Waals surface area contributed by atoms with Gasteiger partial charge in [-0.25, -0.2) is 8.42 Å². The van der Waals surface area contributed by atoms with Gasteiger partial charge in [0.1, 0.15) is 4.90 Å². The molecule has 1 atom stereocenters. The molecule has 0 saturated heterocycles. The minimum absolute atomic E-state index is 0.0504. The van der Waals surface area contributed by atoms with Gasteiger partial charge in [-0.3, -0.25) is 0 Å². The van der Waals surface area contributed by atoms with E-state index in [0.29, 0.717) is 10.6 Å². The van der Waals surface area contributed by atoms with E-state index in [1.165, 1.54) is 16.4 Å². The van der Waals surface area contributed by atoms with Gasteiger partial charge in [0.15, 0.2) is 0 Å².